The van der Waals surface area contributed by atoms with Crippen molar-refractivity contribution in [2.24, 2.45) is 10.9 Å². The number of fused-ring (bicyclic) bond motifs is 2. The molecule has 3 aromatic rings. The van der Waals surface area contributed by atoms with E-state index in [2.05, 4.69) is 13.0 Å². The summed E-state index contributed by atoms with van der Waals surface area (Å²) in [5.41, 5.74) is 5.00. The summed E-state index contributed by atoms with van der Waals surface area (Å²) in [6, 6.07) is 29.3. The third-order valence-electron chi connectivity index (χ3n) is 6.62. The van der Waals surface area contributed by atoms with E-state index in [9.17, 15) is 4.79 Å². The molecule has 0 aromatic heterocycles. The number of esters is 1. The summed E-state index contributed by atoms with van der Waals surface area (Å²) < 4.78 is 11.9. The lowest BCUT2D eigenvalue weighted by Gasteiger charge is -2.32. The molecule has 4 heteroatoms. The van der Waals surface area contributed by atoms with Gasteiger partial charge < -0.3 is 9.47 Å². The third-order valence-corrected chi connectivity index (χ3v) is 6.62. The van der Waals surface area contributed by atoms with Crippen LogP contribution in [0.25, 0.3) is 0 Å². The van der Waals surface area contributed by atoms with E-state index in [0.29, 0.717) is 0 Å². The molecule has 4 nitrogen and oxygen atoms in total. The number of carbonyl (C=O) groups excluding carboxylic acids is 1. The molecule has 0 aliphatic carbocycles. The fraction of sp³-hybridized carbons (Fsp3) is 0.267. The molecule has 3 aromatic carbocycles. The van der Waals surface area contributed by atoms with Crippen LogP contribution in [0.3, 0.4) is 0 Å². The van der Waals surface area contributed by atoms with Crippen LogP contribution in [0.15, 0.2) is 108 Å². The Kier molecular flexibility index (Phi) is 6.68. The van der Waals surface area contributed by atoms with Crippen molar-refractivity contribution in [3.05, 3.63) is 119 Å². The maximum Gasteiger partial charge on any atom is 0.331 e. The van der Waals surface area contributed by atoms with E-state index in [-0.39, 0.29) is 30.7 Å². The van der Waals surface area contributed by atoms with Gasteiger partial charge in [-0.3, -0.25) is 4.99 Å². The molecule has 2 aliphatic heterocycles. The van der Waals surface area contributed by atoms with E-state index in [1.54, 1.807) is 0 Å². The maximum atomic E-state index is 13.5. The van der Waals surface area contributed by atoms with Crippen LogP contribution in [0.2, 0.25) is 0 Å². The molecular weight excluding hydrogens is 422 g/mol. The topological polar surface area (TPSA) is 47.9 Å². The first-order valence-corrected chi connectivity index (χ1v) is 11.9. The zero-order valence-electron chi connectivity index (χ0n) is 19.3. The van der Waals surface area contributed by atoms with Crippen molar-refractivity contribution < 1.29 is 14.3 Å². The predicted molar refractivity (Wildman–Crippen MR) is 134 cm³/mol. The molecule has 34 heavy (non-hydrogen) atoms. The number of aliphatic imine (C=N–C) groups is 1. The van der Waals surface area contributed by atoms with Gasteiger partial charge in [0.2, 0.25) is 0 Å². The number of ether oxygens (including phenoxy) is 2. The highest BCUT2D eigenvalue weighted by atomic mass is 16.5. The fourth-order valence-electron chi connectivity index (χ4n) is 4.86. The van der Waals surface area contributed by atoms with Gasteiger partial charge in [0.05, 0.1) is 17.9 Å². The summed E-state index contributed by atoms with van der Waals surface area (Å²) >= 11 is 0. The van der Waals surface area contributed by atoms with Gasteiger partial charge in [-0.15, -0.1) is 0 Å². The van der Waals surface area contributed by atoms with Crippen LogP contribution in [-0.4, -0.2) is 29.9 Å². The van der Waals surface area contributed by atoms with Crippen LogP contribution in [0.5, 0.6) is 0 Å². The number of hydrogen-bond acceptors (Lipinski definition) is 4. The van der Waals surface area contributed by atoms with Crippen LogP contribution in [-0.2, 0) is 20.9 Å². The van der Waals surface area contributed by atoms with Crippen molar-refractivity contribution in [1.82, 2.24) is 0 Å². The Morgan fingerprint density at radius 1 is 0.912 bits per heavy atom. The minimum Gasteiger partial charge on any atom is -0.459 e. The van der Waals surface area contributed by atoms with Crippen molar-refractivity contribution in [2.75, 3.05) is 0 Å². The van der Waals surface area contributed by atoms with Gasteiger partial charge in [0.25, 0.3) is 0 Å². The molecular formula is C30H29NO3. The Bertz CT molecular complexity index is 1130. The van der Waals surface area contributed by atoms with Crippen LogP contribution < -0.4 is 0 Å². The number of benzene rings is 3. The van der Waals surface area contributed by atoms with E-state index < -0.39 is 6.04 Å². The van der Waals surface area contributed by atoms with E-state index in [0.717, 1.165) is 35.2 Å². The molecule has 2 aliphatic rings. The quantitative estimate of drug-likeness (QED) is 0.261. The van der Waals surface area contributed by atoms with Gasteiger partial charge in [0.1, 0.15) is 6.61 Å². The molecule has 0 N–H and O–H groups in total. The predicted octanol–water partition coefficient (Wildman–Crippen LogP) is 5.76. The molecule has 172 valence electrons. The largest absolute Gasteiger partial charge is 0.459 e. The van der Waals surface area contributed by atoms with E-state index in [1.165, 1.54) is 5.57 Å². The maximum absolute atomic E-state index is 13.5. The second-order valence-corrected chi connectivity index (χ2v) is 9.05. The summed E-state index contributed by atoms with van der Waals surface area (Å²) in [5, 5.41) is 0. The summed E-state index contributed by atoms with van der Waals surface area (Å²) in [6.45, 7) is 2.35. The minimum absolute atomic E-state index is 0.0419. The number of carbonyl (C=O) groups is 1. The lowest BCUT2D eigenvalue weighted by atomic mass is 9.87. The zero-order valence-corrected chi connectivity index (χ0v) is 19.3. The summed E-state index contributed by atoms with van der Waals surface area (Å²) in [5.74, 6) is -0.236. The first-order chi connectivity index (χ1) is 16.7. The van der Waals surface area contributed by atoms with E-state index >= 15 is 0 Å². The van der Waals surface area contributed by atoms with Gasteiger partial charge >= 0.3 is 5.97 Å². The number of hydrogen-bond donors (Lipinski definition) is 0. The molecule has 4 atom stereocenters. The third kappa shape index (κ3) is 5.02. The zero-order chi connectivity index (χ0) is 23.3. The number of rotatable bonds is 7. The van der Waals surface area contributed by atoms with Gasteiger partial charge in [-0.1, -0.05) is 97.1 Å². The fourth-order valence-corrected chi connectivity index (χ4v) is 4.86. The Balaban J connectivity index is 1.49. The minimum atomic E-state index is -0.604. The van der Waals surface area contributed by atoms with Crippen LogP contribution in [0, 0.1) is 5.92 Å². The lowest BCUT2D eigenvalue weighted by Crippen LogP contribution is -2.38. The first-order valence-electron chi connectivity index (χ1n) is 11.9. The van der Waals surface area contributed by atoms with Gasteiger partial charge in [0.15, 0.2) is 6.04 Å². The standard InChI is InChI=1S/C30H29NO3/c1-21-17-26-18-25(19-27(21)34-26)29(30(32)33-20-22-11-5-2-6-12-22)31-28(23-13-7-3-8-14-23)24-15-9-4-10-16-24/h2-17,25-27,29H,18-20H2,1H3. The summed E-state index contributed by atoms with van der Waals surface area (Å²) in [4.78, 5) is 18.7. The molecule has 0 spiro atoms. The smallest absolute Gasteiger partial charge is 0.331 e. The van der Waals surface area contributed by atoms with Gasteiger partial charge in [0, 0.05) is 11.1 Å². The summed E-state index contributed by atoms with van der Waals surface area (Å²) in [6.07, 6.45) is 3.82. The second kappa shape index (κ2) is 10.2. The molecule has 2 heterocycles. The van der Waals surface area contributed by atoms with Crippen molar-refractivity contribution in [3.63, 3.8) is 0 Å². The highest BCUT2D eigenvalue weighted by Crippen LogP contribution is 2.38. The van der Waals surface area contributed by atoms with Crippen LogP contribution >= 0.6 is 0 Å². The Hall–Kier alpha value is -3.50. The number of nitrogens with zero attached hydrogens (tertiary/aromatic N) is 1. The molecule has 1 fully saturated rings. The molecule has 1 saturated heterocycles. The molecule has 4 unspecified atom stereocenters. The Morgan fingerprint density at radius 3 is 2.09 bits per heavy atom. The average Bonchev–Trinajstić information content (AvgIpc) is 3.15. The lowest BCUT2D eigenvalue weighted by molar-refractivity contribution is -0.149. The Labute approximate surface area is 201 Å². The molecule has 2 bridgehead atoms. The molecule has 0 amide bonds. The average molecular weight is 452 g/mol. The SMILES string of the molecule is CC1=CC2CC(C(N=C(c3ccccc3)c3ccccc3)C(=O)OCc3ccccc3)CC1O2. The first kappa shape index (κ1) is 22.3. The van der Waals surface area contributed by atoms with Gasteiger partial charge in [-0.25, -0.2) is 4.79 Å². The van der Waals surface area contributed by atoms with E-state index in [4.69, 9.17) is 14.5 Å². The van der Waals surface area contributed by atoms with E-state index in [1.807, 2.05) is 91.0 Å². The monoisotopic (exact) mass is 451 g/mol. The normalized spacial score (nSPS) is 21.9. The van der Waals surface area contributed by atoms with Gasteiger partial charge in [-0.2, -0.15) is 0 Å². The highest BCUT2D eigenvalue weighted by Gasteiger charge is 2.41. The van der Waals surface area contributed by atoms with Crippen molar-refractivity contribution in [3.8, 4) is 0 Å². The second-order valence-electron chi connectivity index (χ2n) is 9.05. The molecule has 0 radical (unpaired) electrons. The molecule has 5 rings (SSSR count). The van der Waals surface area contributed by atoms with Gasteiger partial charge in [-0.05, 0) is 36.8 Å². The van der Waals surface area contributed by atoms with Crippen molar-refractivity contribution in [1.29, 1.82) is 0 Å². The molecule has 0 saturated carbocycles. The van der Waals surface area contributed by atoms with Crippen LogP contribution in [0.1, 0.15) is 36.5 Å². The Morgan fingerprint density at radius 2 is 1.50 bits per heavy atom. The van der Waals surface area contributed by atoms with Crippen molar-refractivity contribution >= 4 is 11.7 Å². The highest BCUT2D eigenvalue weighted by molar-refractivity contribution is 6.13. The van der Waals surface area contributed by atoms with Crippen molar-refractivity contribution in [2.45, 2.75) is 44.6 Å². The summed E-state index contributed by atoms with van der Waals surface area (Å²) in [7, 11) is 0. The van der Waals surface area contributed by atoms with Crippen LogP contribution in [0.4, 0.5) is 0 Å².